The van der Waals surface area contributed by atoms with Gasteiger partial charge in [-0.25, -0.2) is 13.1 Å². The highest BCUT2D eigenvalue weighted by Gasteiger charge is 2.22. The zero-order valence-corrected chi connectivity index (χ0v) is 15.8. The van der Waals surface area contributed by atoms with Gasteiger partial charge in [-0.2, -0.15) is 0 Å². The molecule has 0 aliphatic carbocycles. The fraction of sp³-hybridized carbons (Fsp3) is 0.667. The maximum Gasteiger partial charge on any atom is 0.241 e. The van der Waals surface area contributed by atoms with E-state index >= 15 is 0 Å². The molecular weight excluding hydrogens is 308 g/mol. The van der Waals surface area contributed by atoms with Crippen LogP contribution in [0.3, 0.4) is 0 Å². The van der Waals surface area contributed by atoms with Gasteiger partial charge in [0.1, 0.15) is 0 Å². The van der Waals surface area contributed by atoms with Crippen molar-refractivity contribution in [2.75, 3.05) is 26.2 Å². The third-order valence-corrected chi connectivity index (χ3v) is 6.86. The van der Waals surface area contributed by atoms with Crippen LogP contribution in [-0.4, -0.2) is 34.6 Å². The fourth-order valence-corrected chi connectivity index (χ4v) is 5.19. The molecule has 5 heteroatoms. The van der Waals surface area contributed by atoms with Gasteiger partial charge < -0.3 is 4.90 Å². The minimum Gasteiger partial charge on any atom is -0.335 e. The second-order valence-corrected chi connectivity index (χ2v) is 8.61. The summed E-state index contributed by atoms with van der Waals surface area (Å²) in [5.41, 5.74) is 3.79. The third kappa shape index (κ3) is 4.55. The Labute approximate surface area is 141 Å². The van der Waals surface area contributed by atoms with Crippen molar-refractivity contribution in [3.8, 4) is 0 Å². The van der Waals surface area contributed by atoms with Gasteiger partial charge in [-0.3, -0.25) is 0 Å². The van der Waals surface area contributed by atoms with E-state index in [-0.39, 0.29) is 0 Å². The van der Waals surface area contributed by atoms with E-state index in [0.29, 0.717) is 11.4 Å². The molecule has 0 bridgehead atoms. The van der Waals surface area contributed by atoms with Gasteiger partial charge in [0.05, 0.1) is 24.5 Å². The number of benzene rings is 1. The van der Waals surface area contributed by atoms with Crippen molar-refractivity contribution in [1.29, 1.82) is 0 Å². The zero-order chi connectivity index (χ0) is 17.0. The molecule has 0 spiro atoms. The van der Waals surface area contributed by atoms with Crippen molar-refractivity contribution >= 4 is 10.0 Å². The van der Waals surface area contributed by atoms with Crippen LogP contribution in [0.25, 0.3) is 0 Å². The van der Waals surface area contributed by atoms with E-state index in [2.05, 4.69) is 10.8 Å². The Morgan fingerprint density at radius 1 is 1.00 bits per heavy atom. The lowest BCUT2D eigenvalue weighted by Gasteiger charge is -2.23. The monoisotopic (exact) mass is 339 g/mol. The summed E-state index contributed by atoms with van der Waals surface area (Å²) in [5, 5.41) is 0. The predicted octanol–water partition coefficient (Wildman–Crippen LogP) is 1.66. The molecule has 1 aliphatic heterocycles. The Morgan fingerprint density at radius 3 is 2.13 bits per heavy atom. The highest BCUT2D eigenvalue weighted by molar-refractivity contribution is 7.89. The van der Waals surface area contributed by atoms with Gasteiger partial charge in [0, 0.05) is 13.0 Å². The Bertz CT molecular complexity index is 621. The van der Waals surface area contributed by atoms with E-state index in [1.54, 1.807) is 4.90 Å². The molecule has 1 aromatic carbocycles. The van der Waals surface area contributed by atoms with Crippen LogP contribution >= 0.6 is 0 Å². The Hall–Kier alpha value is -0.910. The second kappa shape index (κ2) is 7.77. The second-order valence-electron chi connectivity index (χ2n) is 6.90. The molecule has 2 N–H and O–H groups in total. The first-order valence-corrected chi connectivity index (χ1v) is 10.2. The zero-order valence-electron chi connectivity index (χ0n) is 15.0. The van der Waals surface area contributed by atoms with E-state index in [1.807, 2.05) is 27.7 Å². The first-order chi connectivity index (χ1) is 10.8. The number of sulfonamides is 1. The van der Waals surface area contributed by atoms with E-state index in [0.717, 1.165) is 35.2 Å². The maximum absolute atomic E-state index is 12.7. The van der Waals surface area contributed by atoms with Gasteiger partial charge in [0.25, 0.3) is 0 Å². The number of hydrogen-bond acceptors (Lipinski definition) is 2. The molecule has 4 nitrogen and oxygen atoms in total. The average Bonchev–Trinajstić information content (AvgIpc) is 2.51. The van der Waals surface area contributed by atoms with Crippen LogP contribution in [0, 0.1) is 27.7 Å². The van der Waals surface area contributed by atoms with E-state index in [9.17, 15) is 8.42 Å². The molecule has 1 heterocycles. The number of rotatable bonds is 6. The molecule has 23 heavy (non-hydrogen) atoms. The van der Waals surface area contributed by atoms with Crippen LogP contribution in [0.1, 0.15) is 47.9 Å². The molecule has 0 amide bonds. The van der Waals surface area contributed by atoms with Crippen molar-refractivity contribution in [3.05, 3.63) is 28.3 Å². The summed E-state index contributed by atoms with van der Waals surface area (Å²) in [4.78, 5) is 2.09. The lowest BCUT2D eigenvalue weighted by molar-refractivity contribution is -0.904. The van der Waals surface area contributed by atoms with Gasteiger partial charge >= 0.3 is 0 Å². The van der Waals surface area contributed by atoms with Crippen molar-refractivity contribution in [1.82, 2.24) is 4.72 Å². The maximum atomic E-state index is 12.7. The first-order valence-electron chi connectivity index (χ1n) is 8.73. The molecule has 1 aliphatic rings. The van der Waals surface area contributed by atoms with E-state index in [4.69, 9.17) is 0 Å². The van der Waals surface area contributed by atoms with Gasteiger partial charge in [0.2, 0.25) is 10.0 Å². The minimum absolute atomic E-state index is 0.473. The Kier molecular flexibility index (Phi) is 6.23. The molecule has 0 aromatic heterocycles. The largest absolute Gasteiger partial charge is 0.335 e. The molecule has 1 saturated heterocycles. The van der Waals surface area contributed by atoms with Gasteiger partial charge in [-0.1, -0.05) is 6.07 Å². The molecule has 1 fully saturated rings. The normalized spacial score (nSPS) is 16.7. The van der Waals surface area contributed by atoms with Crippen LogP contribution in [0.15, 0.2) is 11.0 Å². The summed E-state index contributed by atoms with van der Waals surface area (Å²) in [6, 6.07) is 2.06. The number of aryl methyl sites for hydroxylation is 2. The van der Waals surface area contributed by atoms with E-state index in [1.165, 1.54) is 32.4 Å². The minimum atomic E-state index is -3.43. The number of likely N-dealkylation sites (tertiary alicyclic amines) is 1. The molecule has 1 aromatic rings. The topological polar surface area (TPSA) is 50.6 Å². The summed E-state index contributed by atoms with van der Waals surface area (Å²) in [5.74, 6) is 0. The summed E-state index contributed by atoms with van der Waals surface area (Å²) < 4.78 is 28.2. The van der Waals surface area contributed by atoms with Gasteiger partial charge in [0.15, 0.2) is 0 Å². The summed E-state index contributed by atoms with van der Waals surface area (Å²) >= 11 is 0. The van der Waals surface area contributed by atoms with Crippen molar-refractivity contribution in [2.45, 2.75) is 58.3 Å². The number of nitrogens with one attached hydrogen (secondary N) is 2. The first kappa shape index (κ1) is 18.4. The standard InChI is InChI=1S/C18H30N2O2S/c1-14-13-15(2)17(4)18(16(14)3)23(21,22)19-9-8-12-20-10-6-5-7-11-20/h13,19H,5-12H2,1-4H3/p+1. The summed E-state index contributed by atoms with van der Waals surface area (Å²) in [6.07, 6.45) is 4.86. The molecule has 130 valence electrons. The molecule has 0 saturated carbocycles. The quantitative estimate of drug-likeness (QED) is 0.775. The number of quaternary nitrogens is 1. The molecule has 2 rings (SSSR count). The van der Waals surface area contributed by atoms with Crippen molar-refractivity contribution in [2.24, 2.45) is 0 Å². The van der Waals surface area contributed by atoms with Crippen LogP contribution in [-0.2, 0) is 10.0 Å². The predicted molar refractivity (Wildman–Crippen MR) is 94.6 cm³/mol. The van der Waals surface area contributed by atoms with Crippen LogP contribution in [0.5, 0.6) is 0 Å². The Morgan fingerprint density at radius 2 is 1.57 bits per heavy atom. The van der Waals surface area contributed by atoms with Gasteiger partial charge in [-0.05, 0) is 69.2 Å². The van der Waals surface area contributed by atoms with Crippen molar-refractivity contribution in [3.63, 3.8) is 0 Å². The van der Waals surface area contributed by atoms with Crippen LogP contribution in [0.2, 0.25) is 0 Å². The molecule has 0 atom stereocenters. The lowest BCUT2D eigenvalue weighted by Crippen LogP contribution is -3.12. The third-order valence-electron chi connectivity index (χ3n) is 5.13. The van der Waals surface area contributed by atoms with Crippen LogP contribution in [0.4, 0.5) is 0 Å². The fourth-order valence-electron chi connectivity index (χ4n) is 3.50. The highest BCUT2D eigenvalue weighted by Crippen LogP contribution is 2.25. The van der Waals surface area contributed by atoms with E-state index < -0.39 is 10.0 Å². The summed E-state index contributed by atoms with van der Waals surface area (Å²) in [7, 11) is -3.43. The SMILES string of the molecule is Cc1cc(C)c(C)c(S(=O)(=O)NCCC[NH+]2CCCCC2)c1C. The molecule has 0 radical (unpaired) electrons. The lowest BCUT2D eigenvalue weighted by atomic mass is 10.0. The highest BCUT2D eigenvalue weighted by atomic mass is 32.2. The van der Waals surface area contributed by atoms with Gasteiger partial charge in [-0.15, -0.1) is 0 Å². The summed E-state index contributed by atoms with van der Waals surface area (Å²) in [6.45, 7) is 11.8. The van der Waals surface area contributed by atoms with Crippen molar-refractivity contribution < 1.29 is 13.3 Å². The molecular formula is C18H31N2O2S+. The average molecular weight is 340 g/mol. The number of piperidine rings is 1. The van der Waals surface area contributed by atoms with Crippen LogP contribution < -0.4 is 9.62 Å². The molecule has 0 unspecified atom stereocenters. The Balaban J connectivity index is 1.99. The number of hydrogen-bond donors (Lipinski definition) is 2. The smallest absolute Gasteiger partial charge is 0.241 e.